The normalized spacial score (nSPS) is 36.5. The van der Waals surface area contributed by atoms with Gasteiger partial charge in [-0.2, -0.15) is 0 Å². The zero-order chi connectivity index (χ0) is 12.6. The third-order valence-electron chi connectivity index (χ3n) is 4.83. The Morgan fingerprint density at radius 1 is 1.47 bits per heavy atom. The van der Waals surface area contributed by atoms with Crippen LogP contribution in [0.15, 0.2) is 0 Å². The topological polar surface area (TPSA) is 46.3 Å². The van der Waals surface area contributed by atoms with Crippen molar-refractivity contribution >= 4 is 5.91 Å². The zero-order valence-electron chi connectivity index (χ0n) is 11.4. The van der Waals surface area contributed by atoms with Crippen LogP contribution in [-0.4, -0.2) is 29.9 Å². The van der Waals surface area contributed by atoms with E-state index in [1.807, 2.05) is 0 Å². The third-order valence-corrected chi connectivity index (χ3v) is 4.83. The van der Waals surface area contributed by atoms with E-state index in [0.29, 0.717) is 24.4 Å². The number of nitrogens with two attached hydrogens (primary N) is 1. The second-order valence-corrected chi connectivity index (χ2v) is 6.61. The van der Waals surface area contributed by atoms with Crippen molar-refractivity contribution in [1.29, 1.82) is 0 Å². The number of amides is 1. The largest absolute Gasteiger partial charge is 0.339 e. The molecular formula is C14H26N2O. The average Bonchev–Trinajstić information content (AvgIpc) is 2.80. The molecule has 0 aromatic carbocycles. The Balaban J connectivity index is 2.05. The molecular weight excluding hydrogens is 212 g/mol. The molecule has 1 saturated heterocycles. The lowest BCUT2D eigenvalue weighted by Gasteiger charge is -2.32. The Kier molecular flexibility index (Phi) is 3.48. The molecule has 2 aliphatic rings. The molecule has 0 aromatic rings. The quantitative estimate of drug-likeness (QED) is 0.800. The summed E-state index contributed by atoms with van der Waals surface area (Å²) in [7, 11) is 0. The number of rotatable bonds is 2. The van der Waals surface area contributed by atoms with Crippen LogP contribution in [0.1, 0.15) is 46.5 Å². The Bertz CT molecular complexity index is 301. The zero-order valence-corrected chi connectivity index (χ0v) is 11.4. The van der Waals surface area contributed by atoms with Crippen molar-refractivity contribution < 1.29 is 4.79 Å². The van der Waals surface area contributed by atoms with Crippen LogP contribution in [0, 0.1) is 17.3 Å². The Morgan fingerprint density at radius 2 is 2.18 bits per heavy atom. The van der Waals surface area contributed by atoms with Gasteiger partial charge in [-0.05, 0) is 44.1 Å². The fourth-order valence-corrected chi connectivity index (χ4v) is 3.60. The molecule has 2 N–H and O–H groups in total. The molecule has 0 radical (unpaired) electrons. The first kappa shape index (κ1) is 12.9. The minimum absolute atomic E-state index is 0.192. The highest BCUT2D eigenvalue weighted by molar-refractivity contribution is 5.80. The molecule has 3 heteroatoms. The van der Waals surface area contributed by atoms with Gasteiger partial charge in [0, 0.05) is 18.5 Å². The summed E-state index contributed by atoms with van der Waals surface area (Å²) in [5, 5.41) is 0. The van der Waals surface area contributed by atoms with Gasteiger partial charge in [-0.3, -0.25) is 4.79 Å². The van der Waals surface area contributed by atoms with Crippen LogP contribution in [-0.2, 0) is 4.79 Å². The van der Waals surface area contributed by atoms with Gasteiger partial charge < -0.3 is 10.6 Å². The molecule has 0 spiro atoms. The lowest BCUT2D eigenvalue weighted by Crippen LogP contribution is -2.42. The van der Waals surface area contributed by atoms with E-state index in [4.69, 9.17) is 5.73 Å². The summed E-state index contributed by atoms with van der Waals surface area (Å²) in [6.45, 7) is 8.23. The van der Waals surface area contributed by atoms with Gasteiger partial charge in [-0.25, -0.2) is 0 Å². The number of carbonyl (C=O) groups excluding carboxylic acids is 1. The molecule has 17 heavy (non-hydrogen) atoms. The minimum Gasteiger partial charge on any atom is -0.339 e. The molecule has 0 bridgehead atoms. The van der Waals surface area contributed by atoms with Gasteiger partial charge in [0.05, 0.1) is 0 Å². The molecule has 1 saturated carbocycles. The average molecular weight is 238 g/mol. The van der Waals surface area contributed by atoms with Gasteiger partial charge in [0.2, 0.25) is 5.91 Å². The summed E-state index contributed by atoms with van der Waals surface area (Å²) in [5.74, 6) is 1.14. The summed E-state index contributed by atoms with van der Waals surface area (Å²) in [6.07, 6.45) is 4.54. The summed E-state index contributed by atoms with van der Waals surface area (Å²) < 4.78 is 0. The SMILES string of the molecule is CC1CC(CN)CN1C(=O)C1CCCC1(C)C. The van der Waals surface area contributed by atoms with Crippen molar-refractivity contribution in [2.24, 2.45) is 23.0 Å². The highest BCUT2D eigenvalue weighted by Crippen LogP contribution is 2.44. The second kappa shape index (κ2) is 4.60. The van der Waals surface area contributed by atoms with E-state index in [-0.39, 0.29) is 11.3 Å². The van der Waals surface area contributed by atoms with Crippen LogP contribution in [0.2, 0.25) is 0 Å². The first-order valence-electron chi connectivity index (χ1n) is 6.96. The van der Waals surface area contributed by atoms with E-state index in [1.54, 1.807) is 0 Å². The van der Waals surface area contributed by atoms with Crippen LogP contribution in [0.25, 0.3) is 0 Å². The van der Waals surface area contributed by atoms with Crippen LogP contribution >= 0.6 is 0 Å². The maximum absolute atomic E-state index is 12.6. The Morgan fingerprint density at radius 3 is 2.65 bits per heavy atom. The molecule has 2 rings (SSSR count). The van der Waals surface area contributed by atoms with Crippen LogP contribution in [0.4, 0.5) is 0 Å². The number of hydrogen-bond donors (Lipinski definition) is 1. The maximum Gasteiger partial charge on any atom is 0.226 e. The van der Waals surface area contributed by atoms with Crippen molar-refractivity contribution in [1.82, 2.24) is 4.90 Å². The first-order valence-corrected chi connectivity index (χ1v) is 6.96. The number of hydrogen-bond acceptors (Lipinski definition) is 2. The van der Waals surface area contributed by atoms with Gasteiger partial charge >= 0.3 is 0 Å². The molecule has 1 aliphatic carbocycles. The van der Waals surface area contributed by atoms with E-state index in [1.165, 1.54) is 12.8 Å². The highest BCUT2D eigenvalue weighted by atomic mass is 16.2. The first-order chi connectivity index (χ1) is 7.95. The lowest BCUT2D eigenvalue weighted by atomic mass is 9.81. The van der Waals surface area contributed by atoms with Crippen LogP contribution < -0.4 is 5.73 Å². The predicted octanol–water partition coefficient (Wildman–Crippen LogP) is 2.01. The molecule has 3 atom stereocenters. The van der Waals surface area contributed by atoms with E-state index >= 15 is 0 Å². The molecule has 2 fully saturated rings. The van der Waals surface area contributed by atoms with E-state index in [9.17, 15) is 4.79 Å². The minimum atomic E-state index is 0.192. The summed E-state index contributed by atoms with van der Waals surface area (Å²) in [4.78, 5) is 14.7. The summed E-state index contributed by atoms with van der Waals surface area (Å²) in [5.41, 5.74) is 5.92. The van der Waals surface area contributed by atoms with Crippen LogP contribution in [0.5, 0.6) is 0 Å². The predicted molar refractivity (Wildman–Crippen MR) is 69.5 cm³/mol. The van der Waals surface area contributed by atoms with E-state index < -0.39 is 0 Å². The van der Waals surface area contributed by atoms with Crippen molar-refractivity contribution in [3.05, 3.63) is 0 Å². The fourth-order valence-electron chi connectivity index (χ4n) is 3.60. The fraction of sp³-hybridized carbons (Fsp3) is 0.929. The maximum atomic E-state index is 12.6. The number of likely N-dealkylation sites (tertiary alicyclic amines) is 1. The summed E-state index contributed by atoms with van der Waals surface area (Å²) >= 11 is 0. The van der Waals surface area contributed by atoms with Gasteiger partial charge in [-0.1, -0.05) is 20.3 Å². The van der Waals surface area contributed by atoms with Gasteiger partial charge in [-0.15, -0.1) is 0 Å². The van der Waals surface area contributed by atoms with Crippen molar-refractivity contribution in [3.63, 3.8) is 0 Å². The standard InChI is InChI=1S/C14H26N2O/c1-10-7-11(8-15)9-16(10)13(17)12-5-4-6-14(12,2)3/h10-12H,4-9,15H2,1-3H3. The van der Waals surface area contributed by atoms with E-state index in [2.05, 4.69) is 25.7 Å². The molecule has 1 aliphatic heterocycles. The smallest absolute Gasteiger partial charge is 0.226 e. The molecule has 1 amide bonds. The van der Waals surface area contributed by atoms with Crippen molar-refractivity contribution in [3.8, 4) is 0 Å². The molecule has 3 unspecified atom stereocenters. The number of carbonyl (C=O) groups is 1. The van der Waals surface area contributed by atoms with Crippen LogP contribution in [0.3, 0.4) is 0 Å². The molecule has 0 aromatic heterocycles. The molecule has 1 heterocycles. The lowest BCUT2D eigenvalue weighted by molar-refractivity contribution is -0.139. The monoisotopic (exact) mass is 238 g/mol. The van der Waals surface area contributed by atoms with Gasteiger partial charge in [0.15, 0.2) is 0 Å². The Hall–Kier alpha value is -0.570. The van der Waals surface area contributed by atoms with Gasteiger partial charge in [0.1, 0.15) is 0 Å². The van der Waals surface area contributed by atoms with E-state index in [0.717, 1.165) is 19.4 Å². The highest BCUT2D eigenvalue weighted by Gasteiger charge is 2.43. The Labute approximate surface area is 105 Å². The second-order valence-electron chi connectivity index (χ2n) is 6.61. The van der Waals surface area contributed by atoms with Crippen molar-refractivity contribution in [2.45, 2.75) is 52.5 Å². The van der Waals surface area contributed by atoms with Gasteiger partial charge in [0.25, 0.3) is 0 Å². The molecule has 98 valence electrons. The summed E-state index contributed by atoms with van der Waals surface area (Å²) in [6, 6.07) is 0.382. The van der Waals surface area contributed by atoms with Crippen molar-refractivity contribution in [2.75, 3.05) is 13.1 Å². The number of nitrogens with zero attached hydrogens (tertiary/aromatic N) is 1. The third kappa shape index (κ3) is 2.35. The molecule has 3 nitrogen and oxygen atoms in total.